The first-order valence-corrected chi connectivity index (χ1v) is 5.87. The SMILES string of the molecule is N#CC1CCCC1NC(=O)c1ccc(N)c(F)c1. The number of benzene rings is 1. The third-order valence-corrected chi connectivity index (χ3v) is 3.26. The molecular formula is C13H14FN3O. The lowest BCUT2D eigenvalue weighted by molar-refractivity contribution is 0.0932. The van der Waals surface area contributed by atoms with Gasteiger partial charge < -0.3 is 11.1 Å². The summed E-state index contributed by atoms with van der Waals surface area (Å²) in [6.45, 7) is 0. The van der Waals surface area contributed by atoms with Crippen LogP contribution in [0, 0.1) is 23.1 Å². The minimum absolute atomic E-state index is 0.0160. The van der Waals surface area contributed by atoms with E-state index in [1.165, 1.54) is 12.1 Å². The van der Waals surface area contributed by atoms with Gasteiger partial charge in [-0.1, -0.05) is 0 Å². The van der Waals surface area contributed by atoms with E-state index in [9.17, 15) is 9.18 Å². The number of nitriles is 1. The molecule has 1 fully saturated rings. The molecule has 0 saturated heterocycles. The molecule has 0 radical (unpaired) electrons. The van der Waals surface area contributed by atoms with Gasteiger partial charge in [-0.3, -0.25) is 4.79 Å². The predicted octanol–water partition coefficient (Wildman–Crippen LogP) is 1.83. The normalized spacial score (nSPS) is 22.4. The summed E-state index contributed by atoms with van der Waals surface area (Å²) in [4.78, 5) is 11.9. The van der Waals surface area contributed by atoms with E-state index in [1.54, 1.807) is 0 Å². The van der Waals surface area contributed by atoms with Crippen LogP contribution < -0.4 is 11.1 Å². The summed E-state index contributed by atoms with van der Waals surface area (Å²) in [7, 11) is 0. The Morgan fingerprint density at radius 1 is 1.50 bits per heavy atom. The van der Waals surface area contributed by atoms with Crippen molar-refractivity contribution in [2.45, 2.75) is 25.3 Å². The van der Waals surface area contributed by atoms with Crippen LogP contribution in [0.4, 0.5) is 10.1 Å². The zero-order valence-corrected chi connectivity index (χ0v) is 9.82. The van der Waals surface area contributed by atoms with Gasteiger partial charge in [0.05, 0.1) is 17.7 Å². The number of rotatable bonds is 2. The Morgan fingerprint density at radius 3 is 2.94 bits per heavy atom. The molecule has 0 spiro atoms. The largest absolute Gasteiger partial charge is 0.396 e. The van der Waals surface area contributed by atoms with Crippen LogP contribution in [0.25, 0.3) is 0 Å². The molecule has 0 aliphatic heterocycles. The van der Waals surface area contributed by atoms with Crippen LogP contribution >= 0.6 is 0 Å². The van der Waals surface area contributed by atoms with Crippen molar-refractivity contribution in [3.63, 3.8) is 0 Å². The number of carbonyl (C=O) groups excluding carboxylic acids is 1. The van der Waals surface area contributed by atoms with E-state index in [4.69, 9.17) is 11.0 Å². The standard InChI is InChI=1S/C13H14FN3O/c14-10-6-8(4-5-11(10)16)13(18)17-12-3-1-2-9(12)7-15/h4-6,9,12H,1-3,16H2,(H,17,18). The van der Waals surface area contributed by atoms with Crippen molar-refractivity contribution in [1.29, 1.82) is 5.26 Å². The predicted molar refractivity (Wildman–Crippen MR) is 65.0 cm³/mol. The lowest BCUT2D eigenvalue weighted by atomic mass is 10.1. The maximum atomic E-state index is 13.2. The smallest absolute Gasteiger partial charge is 0.251 e. The van der Waals surface area contributed by atoms with Gasteiger partial charge in [0, 0.05) is 11.6 Å². The van der Waals surface area contributed by atoms with Crippen molar-refractivity contribution in [3.8, 4) is 6.07 Å². The molecule has 1 aromatic rings. The van der Waals surface area contributed by atoms with Crippen LogP contribution in [-0.4, -0.2) is 11.9 Å². The van der Waals surface area contributed by atoms with Crippen LogP contribution in [0.2, 0.25) is 0 Å². The third kappa shape index (κ3) is 2.43. The first-order chi connectivity index (χ1) is 8.61. The maximum absolute atomic E-state index is 13.2. The van der Waals surface area contributed by atoms with E-state index in [0.717, 1.165) is 25.3 Å². The van der Waals surface area contributed by atoms with Crippen molar-refractivity contribution < 1.29 is 9.18 Å². The molecule has 0 bridgehead atoms. The van der Waals surface area contributed by atoms with Crippen LogP contribution in [-0.2, 0) is 0 Å². The highest BCUT2D eigenvalue weighted by Crippen LogP contribution is 2.25. The van der Waals surface area contributed by atoms with Gasteiger partial charge in [0.1, 0.15) is 5.82 Å². The van der Waals surface area contributed by atoms with Gasteiger partial charge >= 0.3 is 0 Å². The molecule has 1 aliphatic carbocycles. The van der Waals surface area contributed by atoms with Gasteiger partial charge in [0.25, 0.3) is 5.91 Å². The Bertz CT molecular complexity index is 509. The molecule has 1 aliphatic rings. The van der Waals surface area contributed by atoms with Gasteiger partial charge in [0.15, 0.2) is 0 Å². The summed E-state index contributed by atoms with van der Waals surface area (Å²) >= 11 is 0. The molecule has 1 saturated carbocycles. The van der Waals surface area contributed by atoms with E-state index in [-0.39, 0.29) is 29.1 Å². The Labute approximate surface area is 105 Å². The topological polar surface area (TPSA) is 78.9 Å². The van der Waals surface area contributed by atoms with E-state index in [1.807, 2.05) is 0 Å². The molecular weight excluding hydrogens is 233 g/mol. The average Bonchev–Trinajstić information content (AvgIpc) is 2.79. The van der Waals surface area contributed by atoms with Crippen LogP contribution in [0.5, 0.6) is 0 Å². The minimum atomic E-state index is -0.606. The van der Waals surface area contributed by atoms with Gasteiger partial charge in [-0.2, -0.15) is 5.26 Å². The molecule has 0 heterocycles. The van der Waals surface area contributed by atoms with Crippen molar-refractivity contribution in [1.82, 2.24) is 5.32 Å². The highest BCUT2D eigenvalue weighted by Gasteiger charge is 2.28. The molecule has 18 heavy (non-hydrogen) atoms. The number of nitrogen functional groups attached to an aromatic ring is 1. The number of halogens is 1. The lowest BCUT2D eigenvalue weighted by Crippen LogP contribution is -2.36. The van der Waals surface area contributed by atoms with E-state index in [2.05, 4.69) is 11.4 Å². The van der Waals surface area contributed by atoms with E-state index >= 15 is 0 Å². The summed E-state index contributed by atoms with van der Waals surface area (Å²) in [5, 5.41) is 11.7. The average molecular weight is 247 g/mol. The summed E-state index contributed by atoms with van der Waals surface area (Å²) in [6, 6.07) is 6.00. The first-order valence-electron chi connectivity index (χ1n) is 5.87. The number of nitrogens with two attached hydrogens (primary N) is 1. The van der Waals surface area contributed by atoms with Crippen LogP contribution in [0.3, 0.4) is 0 Å². The molecule has 2 rings (SSSR count). The molecule has 2 unspecified atom stereocenters. The number of amides is 1. The van der Waals surface area contributed by atoms with Gasteiger partial charge in [0.2, 0.25) is 0 Å². The second-order valence-electron chi connectivity index (χ2n) is 4.48. The van der Waals surface area contributed by atoms with Crippen molar-refractivity contribution in [2.75, 3.05) is 5.73 Å². The highest BCUT2D eigenvalue weighted by atomic mass is 19.1. The maximum Gasteiger partial charge on any atom is 0.251 e. The number of anilines is 1. The number of hydrogen-bond donors (Lipinski definition) is 2. The number of hydrogen-bond acceptors (Lipinski definition) is 3. The molecule has 94 valence electrons. The molecule has 3 N–H and O–H groups in total. The van der Waals surface area contributed by atoms with Crippen molar-refractivity contribution in [2.24, 2.45) is 5.92 Å². The van der Waals surface area contributed by atoms with Crippen LogP contribution in [0.15, 0.2) is 18.2 Å². The monoisotopic (exact) mass is 247 g/mol. The van der Waals surface area contributed by atoms with Gasteiger partial charge in [-0.15, -0.1) is 0 Å². The first kappa shape index (κ1) is 12.4. The highest BCUT2D eigenvalue weighted by molar-refractivity contribution is 5.94. The zero-order valence-electron chi connectivity index (χ0n) is 9.82. The lowest BCUT2D eigenvalue weighted by Gasteiger charge is -2.15. The number of carbonyl (C=O) groups is 1. The fraction of sp³-hybridized carbons (Fsp3) is 0.385. The second-order valence-corrected chi connectivity index (χ2v) is 4.48. The molecule has 1 aromatic carbocycles. The number of nitrogens with zero attached hydrogens (tertiary/aromatic N) is 1. The van der Waals surface area contributed by atoms with E-state index < -0.39 is 5.82 Å². The molecule has 5 heteroatoms. The zero-order chi connectivity index (χ0) is 13.1. The van der Waals surface area contributed by atoms with E-state index in [0.29, 0.717) is 0 Å². The summed E-state index contributed by atoms with van der Waals surface area (Å²) in [5.74, 6) is -1.11. The Kier molecular flexibility index (Phi) is 3.47. The third-order valence-electron chi connectivity index (χ3n) is 3.26. The van der Waals surface area contributed by atoms with Crippen molar-refractivity contribution >= 4 is 11.6 Å². The van der Waals surface area contributed by atoms with Crippen LogP contribution in [0.1, 0.15) is 29.6 Å². The summed E-state index contributed by atoms with van der Waals surface area (Å²) in [6.07, 6.45) is 2.53. The summed E-state index contributed by atoms with van der Waals surface area (Å²) in [5.41, 5.74) is 5.59. The van der Waals surface area contributed by atoms with Gasteiger partial charge in [-0.25, -0.2) is 4.39 Å². The second kappa shape index (κ2) is 5.05. The Morgan fingerprint density at radius 2 is 2.28 bits per heavy atom. The Hall–Kier alpha value is -2.09. The number of nitrogens with one attached hydrogen (secondary N) is 1. The summed E-state index contributed by atoms with van der Waals surface area (Å²) < 4.78 is 13.2. The molecule has 1 amide bonds. The minimum Gasteiger partial charge on any atom is -0.396 e. The fourth-order valence-corrected chi connectivity index (χ4v) is 2.21. The van der Waals surface area contributed by atoms with Gasteiger partial charge in [-0.05, 0) is 37.5 Å². The fourth-order valence-electron chi connectivity index (χ4n) is 2.21. The molecule has 2 atom stereocenters. The molecule has 4 nitrogen and oxygen atoms in total. The Balaban J connectivity index is 2.08. The quantitative estimate of drug-likeness (QED) is 0.782. The van der Waals surface area contributed by atoms with Crippen molar-refractivity contribution in [3.05, 3.63) is 29.6 Å². The molecule has 0 aromatic heterocycles.